The lowest BCUT2D eigenvalue weighted by atomic mass is 10.3. The molecule has 2 rings (SSSR count). The fraction of sp³-hybridized carbons (Fsp3) is 0. The lowest BCUT2D eigenvalue weighted by Gasteiger charge is -2.14. The third kappa shape index (κ3) is 0.570. The summed E-state index contributed by atoms with van der Waals surface area (Å²) in [4.78, 5) is 0. The Morgan fingerprint density at radius 1 is 1.40 bits per heavy atom. The van der Waals surface area contributed by atoms with Crippen LogP contribution < -0.4 is 0 Å². The molecule has 0 saturated carbocycles. The molecule has 4 nitrogen and oxygen atoms in total. The van der Waals surface area contributed by atoms with Crippen LogP contribution in [0.5, 0.6) is 0 Å². The molecule has 0 aromatic heterocycles. The fourth-order valence-corrected chi connectivity index (χ4v) is 0.893. The van der Waals surface area contributed by atoms with Crippen LogP contribution in [-0.2, 0) is 0 Å². The van der Waals surface area contributed by atoms with E-state index < -0.39 is 4.76 Å². The van der Waals surface area contributed by atoms with E-state index in [0.717, 1.165) is 0 Å². The van der Waals surface area contributed by atoms with Crippen molar-refractivity contribution in [3.8, 4) is 0 Å². The third-order valence-corrected chi connectivity index (χ3v) is 1.43. The molecular formula is C6H6N3O+. The molecule has 50 valence electrons. The van der Waals surface area contributed by atoms with Gasteiger partial charge in [0.05, 0.1) is 5.22 Å². The smallest absolute Gasteiger partial charge is 0.176 e. The summed E-state index contributed by atoms with van der Waals surface area (Å²) in [5.41, 5.74) is 0.669. The first-order valence-corrected chi connectivity index (χ1v) is 2.92. The van der Waals surface area contributed by atoms with E-state index in [-0.39, 0.29) is 0 Å². The number of quaternary nitrogens is 1. The fourth-order valence-electron chi connectivity index (χ4n) is 0.893. The summed E-state index contributed by atoms with van der Waals surface area (Å²) in [5, 5.41) is 16.6. The summed E-state index contributed by atoms with van der Waals surface area (Å²) in [6.45, 7) is 0. The average molecular weight is 136 g/mol. The molecule has 2 aliphatic heterocycles. The van der Waals surface area contributed by atoms with Gasteiger partial charge in [0.2, 0.25) is 5.70 Å². The van der Waals surface area contributed by atoms with E-state index in [1.54, 1.807) is 18.4 Å². The van der Waals surface area contributed by atoms with Crippen LogP contribution in [0, 0.1) is 0 Å². The van der Waals surface area contributed by atoms with Crippen molar-refractivity contribution >= 4 is 0 Å². The van der Waals surface area contributed by atoms with Crippen LogP contribution in [0.25, 0.3) is 0 Å². The van der Waals surface area contributed by atoms with Crippen molar-refractivity contribution in [2.45, 2.75) is 0 Å². The van der Waals surface area contributed by atoms with Crippen LogP contribution in [0.2, 0.25) is 0 Å². The number of rotatable bonds is 0. The first-order valence-electron chi connectivity index (χ1n) is 2.92. The molecule has 0 radical (unpaired) electrons. The van der Waals surface area contributed by atoms with Gasteiger partial charge >= 0.3 is 0 Å². The van der Waals surface area contributed by atoms with Gasteiger partial charge in [-0.25, -0.2) is 0 Å². The summed E-state index contributed by atoms with van der Waals surface area (Å²) >= 11 is 0. The monoisotopic (exact) mass is 136 g/mol. The van der Waals surface area contributed by atoms with Crippen LogP contribution in [0.1, 0.15) is 0 Å². The predicted molar refractivity (Wildman–Crippen MR) is 33.3 cm³/mol. The Bertz CT molecular complexity index is 277. The van der Waals surface area contributed by atoms with Crippen molar-refractivity contribution in [1.29, 1.82) is 0 Å². The Morgan fingerprint density at radius 3 is 3.10 bits per heavy atom. The molecule has 0 bridgehead atoms. The Morgan fingerprint density at radius 2 is 2.30 bits per heavy atom. The Balaban J connectivity index is 2.51. The molecule has 2 heterocycles. The van der Waals surface area contributed by atoms with E-state index in [9.17, 15) is 5.21 Å². The molecule has 10 heavy (non-hydrogen) atoms. The molecule has 0 amide bonds. The Labute approximate surface area is 57.6 Å². The van der Waals surface area contributed by atoms with E-state index in [0.29, 0.717) is 5.70 Å². The second-order valence-corrected chi connectivity index (χ2v) is 2.11. The van der Waals surface area contributed by atoms with E-state index in [2.05, 4.69) is 10.3 Å². The Kier molecular flexibility index (Phi) is 0.893. The number of hydrogen-bond acceptors (Lipinski definition) is 3. The van der Waals surface area contributed by atoms with E-state index in [4.69, 9.17) is 0 Å². The van der Waals surface area contributed by atoms with Crippen LogP contribution >= 0.6 is 0 Å². The number of hydroxylamine groups is 2. The largest absolute Gasteiger partial charge is 0.220 e. The predicted octanol–water partition coefficient (Wildman–Crippen LogP) is 1.50. The van der Waals surface area contributed by atoms with Gasteiger partial charge in [0.1, 0.15) is 6.20 Å². The standard InChI is InChI=1S/C6H6N3O/c10-9-4-2-1-3-6(9)5-7-8-9/h1-5,10H/q+1. The van der Waals surface area contributed by atoms with Crippen molar-refractivity contribution in [3.05, 3.63) is 36.3 Å². The van der Waals surface area contributed by atoms with E-state index >= 15 is 0 Å². The average Bonchev–Trinajstić information content (AvgIpc) is 2.29. The quantitative estimate of drug-likeness (QED) is 0.504. The summed E-state index contributed by atoms with van der Waals surface area (Å²) in [7, 11) is 0. The highest BCUT2D eigenvalue weighted by molar-refractivity contribution is 5.20. The second-order valence-electron chi connectivity index (χ2n) is 2.11. The molecule has 1 atom stereocenters. The molecule has 0 aliphatic carbocycles. The summed E-state index contributed by atoms with van der Waals surface area (Å²) < 4.78 is -0.531. The van der Waals surface area contributed by atoms with Gasteiger partial charge in [0, 0.05) is 10.8 Å². The zero-order valence-corrected chi connectivity index (χ0v) is 5.18. The maximum atomic E-state index is 9.48. The zero-order valence-electron chi connectivity index (χ0n) is 5.18. The molecular weight excluding hydrogens is 130 g/mol. The molecule has 0 aromatic carbocycles. The lowest BCUT2D eigenvalue weighted by Crippen LogP contribution is -2.29. The topological polar surface area (TPSA) is 45.0 Å². The van der Waals surface area contributed by atoms with Gasteiger partial charge in [0.25, 0.3) is 0 Å². The number of nitrogens with zero attached hydrogens (tertiary/aromatic N) is 3. The molecule has 0 fully saturated rings. The maximum Gasteiger partial charge on any atom is 0.220 e. The SMILES string of the molecule is O[N+]12C=CC=CC1=CN=N2. The number of hydrogen-bond donors (Lipinski definition) is 1. The van der Waals surface area contributed by atoms with Crippen LogP contribution in [0.4, 0.5) is 0 Å². The minimum atomic E-state index is -0.531. The summed E-state index contributed by atoms with van der Waals surface area (Å²) in [6.07, 6.45) is 8.39. The highest BCUT2D eigenvalue weighted by Gasteiger charge is 2.33. The minimum absolute atomic E-state index is 0.531. The van der Waals surface area contributed by atoms with Crippen LogP contribution in [-0.4, -0.2) is 9.96 Å². The van der Waals surface area contributed by atoms with Gasteiger partial charge in [0.15, 0.2) is 6.20 Å². The van der Waals surface area contributed by atoms with Gasteiger partial charge in [-0.2, -0.15) is 5.21 Å². The summed E-state index contributed by atoms with van der Waals surface area (Å²) in [5.74, 6) is 0. The van der Waals surface area contributed by atoms with Crippen molar-refractivity contribution in [3.63, 3.8) is 0 Å². The van der Waals surface area contributed by atoms with Crippen LogP contribution in [0.15, 0.2) is 46.7 Å². The first-order chi connectivity index (χ1) is 4.81. The molecule has 0 saturated heterocycles. The second kappa shape index (κ2) is 1.62. The van der Waals surface area contributed by atoms with Crippen molar-refractivity contribution in [2.24, 2.45) is 10.3 Å². The molecule has 1 unspecified atom stereocenters. The van der Waals surface area contributed by atoms with E-state index in [1.807, 2.05) is 6.08 Å². The van der Waals surface area contributed by atoms with Crippen molar-refractivity contribution in [1.82, 2.24) is 0 Å². The number of allylic oxidation sites excluding steroid dienone is 3. The maximum absolute atomic E-state index is 9.48. The zero-order chi connectivity index (χ0) is 7.03. The highest BCUT2D eigenvalue weighted by Crippen LogP contribution is 2.26. The molecule has 1 N–H and O–H groups in total. The molecule has 4 heteroatoms. The van der Waals surface area contributed by atoms with Gasteiger partial charge in [-0.1, -0.05) is 11.2 Å². The first kappa shape index (κ1) is 5.52. The molecule has 2 aliphatic rings. The summed E-state index contributed by atoms with van der Waals surface area (Å²) in [6, 6.07) is 0. The van der Waals surface area contributed by atoms with Gasteiger partial charge in [-0.15, -0.1) is 0 Å². The Hall–Kier alpha value is -1.26. The lowest BCUT2D eigenvalue weighted by molar-refractivity contribution is -1.04. The van der Waals surface area contributed by atoms with Gasteiger partial charge in [-0.05, 0) is 6.08 Å². The van der Waals surface area contributed by atoms with Crippen molar-refractivity contribution < 1.29 is 9.96 Å². The third-order valence-electron chi connectivity index (χ3n) is 1.43. The van der Waals surface area contributed by atoms with Crippen molar-refractivity contribution in [2.75, 3.05) is 0 Å². The number of fused-ring (bicyclic) bond motifs is 1. The van der Waals surface area contributed by atoms with Crippen LogP contribution in [0.3, 0.4) is 0 Å². The minimum Gasteiger partial charge on any atom is -0.176 e. The molecule has 0 spiro atoms. The normalized spacial score (nSPS) is 34.3. The van der Waals surface area contributed by atoms with Gasteiger partial charge < -0.3 is 0 Å². The molecule has 0 aromatic rings. The van der Waals surface area contributed by atoms with E-state index in [1.165, 1.54) is 6.20 Å². The highest BCUT2D eigenvalue weighted by atomic mass is 16.6. The van der Waals surface area contributed by atoms with Gasteiger partial charge in [-0.3, -0.25) is 0 Å².